The van der Waals surface area contributed by atoms with Crippen molar-refractivity contribution in [3.05, 3.63) is 0 Å². The van der Waals surface area contributed by atoms with Crippen LogP contribution >= 0.6 is 0 Å². The molecule has 0 aromatic rings. The van der Waals surface area contributed by atoms with Crippen molar-refractivity contribution in [2.75, 3.05) is 19.7 Å². The molecule has 0 aromatic carbocycles. The smallest absolute Gasteiger partial charge is 0.306 e. The molecule has 0 saturated carbocycles. The summed E-state index contributed by atoms with van der Waals surface area (Å²) in [6, 6.07) is 0.763. The quantitative estimate of drug-likeness (QED) is 0.769. The Morgan fingerprint density at radius 3 is 2.78 bits per heavy atom. The molecule has 2 heterocycles. The summed E-state index contributed by atoms with van der Waals surface area (Å²) in [6.45, 7) is 7.46. The Kier molecular flexibility index (Phi) is 5.04. The van der Waals surface area contributed by atoms with E-state index in [0.717, 1.165) is 6.04 Å². The zero-order valence-electron chi connectivity index (χ0n) is 11.9. The predicted molar refractivity (Wildman–Crippen MR) is 71.5 cm³/mol. The minimum absolute atomic E-state index is 0.00654. The van der Waals surface area contributed by atoms with Crippen LogP contribution in [-0.4, -0.2) is 31.7 Å². The first-order valence-electron chi connectivity index (χ1n) is 7.67. The van der Waals surface area contributed by atoms with E-state index in [1.807, 2.05) is 0 Å². The van der Waals surface area contributed by atoms with Gasteiger partial charge in [-0.25, -0.2) is 0 Å². The molecule has 2 aliphatic rings. The third kappa shape index (κ3) is 3.71. The number of hydrogen-bond acceptors (Lipinski definition) is 2. The summed E-state index contributed by atoms with van der Waals surface area (Å²) in [7, 11) is 0. The van der Waals surface area contributed by atoms with Crippen LogP contribution in [0.5, 0.6) is 0 Å². The normalized spacial score (nSPS) is 32.1. The van der Waals surface area contributed by atoms with Crippen LogP contribution in [0.1, 0.15) is 52.4 Å². The van der Waals surface area contributed by atoms with Gasteiger partial charge in [0.2, 0.25) is 0 Å². The Balaban J connectivity index is 1.79. The fraction of sp³-hybridized carbons (Fsp3) is 0.933. The Hall–Kier alpha value is -0.570. The number of ether oxygens (including phenoxy) is 1. The zero-order chi connectivity index (χ0) is 13.0. The largest absolute Gasteiger partial charge is 0.465 e. The van der Waals surface area contributed by atoms with Gasteiger partial charge in [0.1, 0.15) is 0 Å². The maximum absolute atomic E-state index is 11.6. The van der Waals surface area contributed by atoms with E-state index in [0.29, 0.717) is 24.9 Å². The molecule has 3 nitrogen and oxygen atoms in total. The van der Waals surface area contributed by atoms with Gasteiger partial charge in [-0.2, -0.15) is 0 Å². The fourth-order valence-electron chi connectivity index (χ4n) is 3.57. The van der Waals surface area contributed by atoms with Gasteiger partial charge in [-0.05, 0) is 38.0 Å². The first-order valence-corrected chi connectivity index (χ1v) is 7.67. The summed E-state index contributed by atoms with van der Waals surface area (Å²) in [6.07, 6.45) is 7.20. The molecule has 0 bridgehead atoms. The van der Waals surface area contributed by atoms with Gasteiger partial charge in [0.15, 0.2) is 0 Å². The van der Waals surface area contributed by atoms with Crippen LogP contribution in [0, 0.1) is 11.8 Å². The van der Waals surface area contributed by atoms with E-state index >= 15 is 0 Å². The molecule has 2 fully saturated rings. The monoisotopic (exact) mass is 254 g/mol. The van der Waals surface area contributed by atoms with Gasteiger partial charge in [0.25, 0.3) is 0 Å². The molecule has 0 aliphatic carbocycles. The number of carbonyl (C=O) groups is 1. The fourth-order valence-corrected chi connectivity index (χ4v) is 3.57. The Morgan fingerprint density at radius 1 is 1.22 bits per heavy atom. The second-order valence-electron chi connectivity index (χ2n) is 6.44. The van der Waals surface area contributed by atoms with Crippen molar-refractivity contribution in [1.82, 2.24) is 0 Å². The van der Waals surface area contributed by atoms with Crippen LogP contribution in [0.25, 0.3) is 0 Å². The van der Waals surface area contributed by atoms with Crippen molar-refractivity contribution in [2.45, 2.75) is 58.4 Å². The highest BCUT2D eigenvalue weighted by atomic mass is 16.5. The Bertz CT molecular complexity index is 276. The highest BCUT2D eigenvalue weighted by Gasteiger charge is 2.37. The van der Waals surface area contributed by atoms with Crippen LogP contribution in [-0.2, 0) is 9.53 Å². The van der Waals surface area contributed by atoms with E-state index in [9.17, 15) is 4.79 Å². The lowest BCUT2D eigenvalue weighted by Crippen LogP contribution is -3.18. The van der Waals surface area contributed by atoms with Crippen LogP contribution in [0.3, 0.4) is 0 Å². The molecule has 0 amide bonds. The lowest BCUT2D eigenvalue weighted by atomic mass is 9.84. The number of nitrogens with one attached hydrogen (secondary N) is 1. The van der Waals surface area contributed by atoms with Gasteiger partial charge in [0, 0.05) is 12.3 Å². The SMILES string of the molecule is CC(C)CC(=O)OC[C@@H]1CCC[NH+]2CCCC[C@@H]12. The molecule has 18 heavy (non-hydrogen) atoms. The molecule has 3 atom stereocenters. The van der Waals surface area contributed by atoms with E-state index in [1.54, 1.807) is 4.90 Å². The molecule has 1 unspecified atom stereocenters. The lowest BCUT2D eigenvalue weighted by molar-refractivity contribution is -0.940. The first-order chi connectivity index (χ1) is 8.66. The number of carbonyl (C=O) groups excluding carboxylic acids is 1. The Morgan fingerprint density at radius 2 is 2.00 bits per heavy atom. The molecule has 104 valence electrons. The zero-order valence-corrected chi connectivity index (χ0v) is 11.9. The van der Waals surface area contributed by atoms with Gasteiger partial charge in [-0.3, -0.25) is 4.79 Å². The molecule has 0 radical (unpaired) electrons. The molecule has 2 saturated heterocycles. The number of fused-ring (bicyclic) bond motifs is 1. The summed E-state index contributed by atoms with van der Waals surface area (Å²) in [4.78, 5) is 13.4. The van der Waals surface area contributed by atoms with Crippen LogP contribution in [0.4, 0.5) is 0 Å². The molecule has 0 spiro atoms. The first kappa shape index (κ1) is 13.9. The van der Waals surface area contributed by atoms with Gasteiger partial charge in [-0.15, -0.1) is 0 Å². The number of esters is 1. The average Bonchev–Trinajstić information content (AvgIpc) is 2.35. The summed E-state index contributed by atoms with van der Waals surface area (Å²) in [5, 5.41) is 0. The van der Waals surface area contributed by atoms with Crippen molar-refractivity contribution in [3.8, 4) is 0 Å². The van der Waals surface area contributed by atoms with Crippen LogP contribution in [0.15, 0.2) is 0 Å². The number of rotatable bonds is 4. The van der Waals surface area contributed by atoms with Gasteiger partial charge < -0.3 is 9.64 Å². The molecule has 0 aromatic heterocycles. The van der Waals surface area contributed by atoms with Gasteiger partial charge in [-0.1, -0.05) is 13.8 Å². The maximum atomic E-state index is 11.6. The maximum Gasteiger partial charge on any atom is 0.306 e. The van der Waals surface area contributed by atoms with Crippen LogP contribution < -0.4 is 4.90 Å². The third-order valence-electron chi connectivity index (χ3n) is 4.46. The molecular formula is C15H28NO2+. The summed E-state index contributed by atoms with van der Waals surface area (Å²) >= 11 is 0. The summed E-state index contributed by atoms with van der Waals surface area (Å²) in [5.41, 5.74) is 0. The van der Waals surface area contributed by atoms with E-state index < -0.39 is 0 Å². The van der Waals surface area contributed by atoms with E-state index in [2.05, 4.69) is 13.8 Å². The van der Waals surface area contributed by atoms with E-state index in [4.69, 9.17) is 4.74 Å². The van der Waals surface area contributed by atoms with Crippen molar-refractivity contribution in [2.24, 2.45) is 11.8 Å². The standard InChI is InChI=1S/C15H27NO2/c1-12(2)10-15(17)18-11-13-6-5-9-16-8-4-3-7-14(13)16/h12-14H,3-11H2,1-2H3/p+1/t13-,14-/m0/s1. The van der Waals surface area contributed by atoms with E-state index in [1.165, 1.54) is 45.2 Å². The van der Waals surface area contributed by atoms with Crippen molar-refractivity contribution in [3.63, 3.8) is 0 Å². The predicted octanol–water partition coefficient (Wildman–Crippen LogP) is 1.42. The molecule has 1 N–H and O–H groups in total. The summed E-state index contributed by atoms with van der Waals surface area (Å²) < 4.78 is 5.49. The van der Waals surface area contributed by atoms with Gasteiger partial charge >= 0.3 is 5.97 Å². The molecule has 2 rings (SSSR count). The molecule has 3 heteroatoms. The average molecular weight is 254 g/mol. The topological polar surface area (TPSA) is 30.7 Å². The van der Waals surface area contributed by atoms with Crippen LogP contribution in [0.2, 0.25) is 0 Å². The van der Waals surface area contributed by atoms with Crippen molar-refractivity contribution >= 4 is 5.97 Å². The highest BCUT2D eigenvalue weighted by Crippen LogP contribution is 2.21. The number of quaternary nitrogens is 1. The second-order valence-corrected chi connectivity index (χ2v) is 6.44. The summed E-state index contributed by atoms with van der Waals surface area (Å²) in [5.74, 6) is 1.01. The van der Waals surface area contributed by atoms with E-state index in [-0.39, 0.29) is 5.97 Å². The van der Waals surface area contributed by atoms with Gasteiger partial charge in [0.05, 0.1) is 25.7 Å². The second kappa shape index (κ2) is 6.55. The minimum atomic E-state index is -0.00654. The molecular weight excluding hydrogens is 226 g/mol. The molecule has 2 aliphatic heterocycles. The van der Waals surface area contributed by atoms with Crippen molar-refractivity contribution < 1.29 is 14.4 Å². The Labute approximate surface area is 111 Å². The number of hydrogen-bond donors (Lipinski definition) is 1. The highest BCUT2D eigenvalue weighted by molar-refractivity contribution is 5.69. The minimum Gasteiger partial charge on any atom is -0.465 e. The lowest BCUT2D eigenvalue weighted by Gasteiger charge is -2.41. The number of piperidine rings is 2. The van der Waals surface area contributed by atoms with Crippen molar-refractivity contribution in [1.29, 1.82) is 0 Å². The third-order valence-corrected chi connectivity index (χ3v) is 4.46.